The molecule has 3 rings (SSSR count). The predicted octanol–water partition coefficient (Wildman–Crippen LogP) is 9.95. The molecule has 1 aromatic carbocycles. The number of alkyl halides is 2. The van der Waals surface area contributed by atoms with Gasteiger partial charge in [-0.3, -0.25) is 0 Å². The molecule has 0 aromatic heterocycles. The molecule has 0 radical (unpaired) electrons. The maximum atomic E-state index is 14.2. The van der Waals surface area contributed by atoms with Gasteiger partial charge in [-0.1, -0.05) is 53.6 Å². The van der Waals surface area contributed by atoms with Gasteiger partial charge in [0.2, 0.25) is 0 Å². The van der Waals surface area contributed by atoms with Crippen molar-refractivity contribution < 1.29 is 13.5 Å². The molecule has 1 fully saturated rings. The lowest BCUT2D eigenvalue weighted by atomic mass is 9.78. The van der Waals surface area contributed by atoms with Gasteiger partial charge in [-0.05, 0) is 120 Å². The molecule has 1 aromatic rings. The summed E-state index contributed by atoms with van der Waals surface area (Å²) in [5.41, 5.74) is 8.55. The molecular formula is C33H44F2O. The minimum Gasteiger partial charge on any atom is -0.493 e. The molecule has 1 nitrogen and oxygen atoms in total. The number of ether oxygens (including phenoxy) is 1. The molecule has 1 aliphatic carbocycles. The van der Waals surface area contributed by atoms with Crippen LogP contribution in [-0.2, 0) is 4.74 Å². The zero-order valence-electron chi connectivity index (χ0n) is 23.1. The van der Waals surface area contributed by atoms with Crippen molar-refractivity contribution in [2.75, 3.05) is 13.3 Å². The highest BCUT2D eigenvalue weighted by Gasteiger charge is 2.35. The number of hydrogen-bond acceptors (Lipinski definition) is 1. The van der Waals surface area contributed by atoms with Crippen LogP contribution >= 0.6 is 0 Å². The van der Waals surface area contributed by atoms with Crippen molar-refractivity contribution in [1.29, 1.82) is 0 Å². The van der Waals surface area contributed by atoms with Crippen molar-refractivity contribution in [2.45, 2.75) is 92.2 Å². The first-order valence-electron chi connectivity index (χ1n) is 13.5. The predicted molar refractivity (Wildman–Crippen MR) is 149 cm³/mol. The second-order valence-electron chi connectivity index (χ2n) is 10.9. The SMILES string of the molecule is C/C=C(\C=C(\C)C/C(=C\CCC1CCC(F)(CF)CC1)c1ccc(C)cc1)C1=C(C)OCC(C)=C1C. The number of allylic oxidation sites excluding steroid dienone is 9. The lowest BCUT2D eigenvalue weighted by Crippen LogP contribution is -2.31. The summed E-state index contributed by atoms with van der Waals surface area (Å²) < 4.78 is 33.2. The highest BCUT2D eigenvalue weighted by Crippen LogP contribution is 2.38. The fourth-order valence-electron chi connectivity index (χ4n) is 5.38. The van der Waals surface area contributed by atoms with Crippen molar-refractivity contribution in [3.63, 3.8) is 0 Å². The van der Waals surface area contributed by atoms with Crippen molar-refractivity contribution in [3.8, 4) is 0 Å². The second-order valence-corrected chi connectivity index (χ2v) is 10.9. The summed E-state index contributed by atoms with van der Waals surface area (Å²) in [6.07, 6.45) is 12.0. The third-order valence-corrected chi connectivity index (χ3v) is 7.97. The van der Waals surface area contributed by atoms with Gasteiger partial charge in [0, 0.05) is 5.57 Å². The van der Waals surface area contributed by atoms with Crippen LogP contribution in [0.25, 0.3) is 5.57 Å². The zero-order chi connectivity index (χ0) is 26.3. The Balaban J connectivity index is 1.77. The highest BCUT2D eigenvalue weighted by atomic mass is 19.2. The summed E-state index contributed by atoms with van der Waals surface area (Å²) in [5, 5.41) is 0. The Hall–Kier alpha value is -2.42. The standard InChI is InChI=1S/C33H44F2O/c1-7-29(32-26(5)25(4)21-36-27(32)6)19-24(3)20-31(30-13-11-23(2)12-14-30)10-8-9-28-15-17-33(35,22-34)18-16-28/h7,10-14,19,28H,8-9,15-18,20-22H2,1-6H3/b24-19-,29-7+,31-10+. The normalized spacial score (nSPS) is 24.3. The molecule has 0 spiro atoms. The van der Waals surface area contributed by atoms with E-state index in [1.807, 2.05) is 0 Å². The van der Waals surface area contributed by atoms with Gasteiger partial charge in [0.1, 0.15) is 24.7 Å². The van der Waals surface area contributed by atoms with E-state index in [1.54, 1.807) is 0 Å². The summed E-state index contributed by atoms with van der Waals surface area (Å²) >= 11 is 0. The Bertz CT molecular complexity index is 1060. The van der Waals surface area contributed by atoms with E-state index in [0.717, 1.165) is 37.9 Å². The molecule has 1 aliphatic heterocycles. The quantitative estimate of drug-likeness (QED) is 0.310. The molecule has 36 heavy (non-hydrogen) atoms. The molecule has 1 saturated carbocycles. The maximum Gasteiger partial charge on any atom is 0.139 e. The largest absolute Gasteiger partial charge is 0.493 e. The summed E-state index contributed by atoms with van der Waals surface area (Å²) in [6.45, 7) is 12.6. The fraction of sp³-hybridized carbons (Fsp3) is 0.515. The van der Waals surface area contributed by atoms with E-state index in [4.69, 9.17) is 4.74 Å². The van der Waals surface area contributed by atoms with Crippen LogP contribution in [-0.4, -0.2) is 19.0 Å². The van der Waals surface area contributed by atoms with E-state index < -0.39 is 12.3 Å². The average molecular weight is 495 g/mol. The van der Waals surface area contributed by atoms with Gasteiger partial charge in [0.25, 0.3) is 0 Å². The Labute approximate surface area is 217 Å². The third-order valence-electron chi connectivity index (χ3n) is 7.97. The zero-order valence-corrected chi connectivity index (χ0v) is 23.1. The third kappa shape index (κ3) is 7.31. The van der Waals surface area contributed by atoms with Gasteiger partial charge in [-0.25, -0.2) is 8.78 Å². The first-order valence-corrected chi connectivity index (χ1v) is 13.5. The van der Waals surface area contributed by atoms with Crippen LogP contribution in [0, 0.1) is 12.8 Å². The summed E-state index contributed by atoms with van der Waals surface area (Å²) in [4.78, 5) is 0. The van der Waals surface area contributed by atoms with Gasteiger partial charge in [0.05, 0.1) is 0 Å². The van der Waals surface area contributed by atoms with E-state index in [1.165, 1.54) is 44.6 Å². The Morgan fingerprint density at radius 3 is 2.36 bits per heavy atom. The Kier molecular flexibility index (Phi) is 9.93. The van der Waals surface area contributed by atoms with E-state index in [-0.39, 0.29) is 0 Å². The van der Waals surface area contributed by atoms with Crippen LogP contribution in [0.3, 0.4) is 0 Å². The monoisotopic (exact) mass is 494 g/mol. The molecule has 0 N–H and O–H groups in total. The lowest BCUT2D eigenvalue weighted by Gasteiger charge is -2.31. The molecule has 0 unspecified atom stereocenters. The number of hydrogen-bond donors (Lipinski definition) is 0. The molecule has 0 atom stereocenters. The Morgan fingerprint density at radius 2 is 1.75 bits per heavy atom. The fourth-order valence-corrected chi connectivity index (χ4v) is 5.38. The molecule has 1 heterocycles. The number of halogens is 2. The van der Waals surface area contributed by atoms with Gasteiger partial charge in [-0.15, -0.1) is 0 Å². The second kappa shape index (κ2) is 12.7. The lowest BCUT2D eigenvalue weighted by molar-refractivity contribution is 0.0546. The van der Waals surface area contributed by atoms with Gasteiger partial charge in [-0.2, -0.15) is 0 Å². The molecule has 3 heteroatoms. The average Bonchev–Trinajstić information content (AvgIpc) is 2.87. The molecule has 0 amide bonds. The van der Waals surface area contributed by atoms with Gasteiger partial charge < -0.3 is 4.74 Å². The topological polar surface area (TPSA) is 9.23 Å². The van der Waals surface area contributed by atoms with Crippen molar-refractivity contribution >= 4 is 5.57 Å². The van der Waals surface area contributed by atoms with Crippen LogP contribution in [0.4, 0.5) is 8.78 Å². The summed E-state index contributed by atoms with van der Waals surface area (Å²) in [6, 6.07) is 8.76. The van der Waals surface area contributed by atoms with E-state index in [9.17, 15) is 8.78 Å². The summed E-state index contributed by atoms with van der Waals surface area (Å²) in [7, 11) is 0. The number of rotatable bonds is 9. The maximum absolute atomic E-state index is 14.2. The first-order chi connectivity index (χ1) is 17.2. The van der Waals surface area contributed by atoms with Crippen LogP contribution in [0.2, 0.25) is 0 Å². The van der Waals surface area contributed by atoms with Gasteiger partial charge >= 0.3 is 0 Å². The van der Waals surface area contributed by atoms with Crippen LogP contribution in [0.15, 0.2) is 76.1 Å². The van der Waals surface area contributed by atoms with Crippen molar-refractivity contribution in [2.24, 2.45) is 5.92 Å². The highest BCUT2D eigenvalue weighted by molar-refractivity contribution is 5.68. The molecule has 196 valence electrons. The van der Waals surface area contributed by atoms with E-state index >= 15 is 0 Å². The van der Waals surface area contributed by atoms with Crippen LogP contribution < -0.4 is 0 Å². The Morgan fingerprint density at radius 1 is 1.08 bits per heavy atom. The van der Waals surface area contributed by atoms with E-state index in [2.05, 4.69) is 84.0 Å². The minimum absolute atomic E-state index is 0.364. The number of benzene rings is 1. The number of aryl methyl sites for hydroxylation is 1. The summed E-state index contributed by atoms with van der Waals surface area (Å²) in [5.74, 6) is 1.48. The van der Waals surface area contributed by atoms with E-state index in [0.29, 0.717) is 25.4 Å². The van der Waals surface area contributed by atoms with Gasteiger partial charge in [0.15, 0.2) is 0 Å². The van der Waals surface area contributed by atoms with Crippen LogP contribution in [0.5, 0.6) is 0 Å². The minimum atomic E-state index is -1.57. The van der Waals surface area contributed by atoms with Crippen molar-refractivity contribution in [3.05, 3.63) is 87.2 Å². The molecule has 2 aliphatic rings. The van der Waals surface area contributed by atoms with Crippen molar-refractivity contribution in [1.82, 2.24) is 0 Å². The first kappa shape index (κ1) is 28.2. The van der Waals surface area contributed by atoms with Crippen LogP contribution in [0.1, 0.15) is 90.7 Å². The molecular weight excluding hydrogens is 450 g/mol. The smallest absolute Gasteiger partial charge is 0.139 e. The molecule has 0 bridgehead atoms. The molecule has 0 saturated heterocycles.